The first-order chi connectivity index (χ1) is 18.9. The second kappa shape index (κ2) is 12.1. The molecular weight excluding hydrogens is 518 g/mol. The average molecular weight is 552 g/mol. The number of nitrogens with one attached hydrogen (secondary N) is 1. The van der Waals surface area contributed by atoms with Crippen molar-refractivity contribution >= 4 is 34.8 Å². The molecule has 39 heavy (non-hydrogen) atoms. The molecule has 0 unspecified atom stereocenters. The number of anilines is 2. The second-order valence-corrected chi connectivity index (χ2v) is 10.6. The van der Waals surface area contributed by atoms with E-state index < -0.39 is 6.04 Å². The predicted molar refractivity (Wildman–Crippen MR) is 149 cm³/mol. The van der Waals surface area contributed by atoms with Crippen LogP contribution < -0.4 is 15.0 Å². The number of nitrogens with zero attached hydrogens (tertiary/aromatic N) is 4. The molecular formula is C29H34ClN5O4. The van der Waals surface area contributed by atoms with Gasteiger partial charge in [-0.25, -0.2) is 0 Å². The fourth-order valence-electron chi connectivity index (χ4n) is 5.35. The summed E-state index contributed by atoms with van der Waals surface area (Å²) in [6.07, 6.45) is 4.17. The zero-order valence-corrected chi connectivity index (χ0v) is 23.1. The molecule has 2 fully saturated rings. The normalized spacial score (nSPS) is 18.2. The zero-order valence-electron chi connectivity index (χ0n) is 22.4. The molecule has 10 heteroatoms. The number of benzene rings is 2. The number of halogens is 1. The molecule has 9 nitrogen and oxygen atoms in total. The lowest BCUT2D eigenvalue weighted by molar-refractivity contribution is -0.140. The summed E-state index contributed by atoms with van der Waals surface area (Å²) in [5.74, 6) is 0.827. The number of aromatic nitrogens is 2. The van der Waals surface area contributed by atoms with Gasteiger partial charge in [0, 0.05) is 50.8 Å². The number of aryl methyl sites for hydroxylation is 2. The van der Waals surface area contributed by atoms with Crippen LogP contribution in [0.4, 0.5) is 11.4 Å². The second-order valence-electron chi connectivity index (χ2n) is 10.2. The SMILES string of the molecule is Cc1nnc(CC(=O)N2CCCC[C@@H]2C(=O)Nc2ccc(OC3CCN(c4ccccc4C)CC3)c(Cl)c2)o1. The van der Waals surface area contributed by atoms with Crippen molar-refractivity contribution in [2.45, 2.75) is 64.5 Å². The number of piperidine rings is 2. The molecule has 1 aromatic heterocycles. The lowest BCUT2D eigenvalue weighted by Crippen LogP contribution is -2.50. The third-order valence-corrected chi connectivity index (χ3v) is 7.68. The maximum absolute atomic E-state index is 13.2. The first-order valence-electron chi connectivity index (χ1n) is 13.5. The Morgan fingerprint density at radius 1 is 1.05 bits per heavy atom. The largest absolute Gasteiger partial charge is 0.489 e. The molecule has 1 atom stereocenters. The molecule has 5 rings (SSSR count). The Morgan fingerprint density at radius 3 is 2.56 bits per heavy atom. The molecule has 0 saturated carbocycles. The molecule has 2 saturated heterocycles. The predicted octanol–water partition coefficient (Wildman–Crippen LogP) is 4.95. The van der Waals surface area contributed by atoms with E-state index >= 15 is 0 Å². The van der Waals surface area contributed by atoms with E-state index in [0.29, 0.717) is 35.3 Å². The van der Waals surface area contributed by atoms with Crippen LogP contribution in [0.15, 0.2) is 46.9 Å². The number of amides is 2. The Balaban J connectivity index is 1.16. The van der Waals surface area contributed by atoms with E-state index in [2.05, 4.69) is 51.6 Å². The molecule has 0 radical (unpaired) electrons. The van der Waals surface area contributed by atoms with Gasteiger partial charge in [-0.1, -0.05) is 29.8 Å². The smallest absolute Gasteiger partial charge is 0.247 e. The highest BCUT2D eigenvalue weighted by atomic mass is 35.5. The van der Waals surface area contributed by atoms with E-state index in [-0.39, 0.29) is 30.2 Å². The highest BCUT2D eigenvalue weighted by Gasteiger charge is 2.33. The number of hydrogen-bond acceptors (Lipinski definition) is 7. The third-order valence-electron chi connectivity index (χ3n) is 7.39. The molecule has 3 aromatic rings. The summed E-state index contributed by atoms with van der Waals surface area (Å²) in [6.45, 7) is 6.17. The first-order valence-corrected chi connectivity index (χ1v) is 13.9. The van der Waals surface area contributed by atoms with E-state index in [4.69, 9.17) is 20.8 Å². The third kappa shape index (κ3) is 6.53. The fourth-order valence-corrected chi connectivity index (χ4v) is 5.58. The van der Waals surface area contributed by atoms with E-state index in [9.17, 15) is 9.59 Å². The van der Waals surface area contributed by atoms with Gasteiger partial charge in [0.2, 0.25) is 23.6 Å². The number of carbonyl (C=O) groups is 2. The Kier molecular flexibility index (Phi) is 8.35. The van der Waals surface area contributed by atoms with Gasteiger partial charge in [0.15, 0.2) is 0 Å². The topological polar surface area (TPSA) is 101 Å². The minimum absolute atomic E-state index is 0.0215. The molecule has 3 heterocycles. The van der Waals surface area contributed by atoms with Crippen molar-refractivity contribution in [1.29, 1.82) is 0 Å². The van der Waals surface area contributed by atoms with Gasteiger partial charge in [-0.05, 0) is 56.0 Å². The average Bonchev–Trinajstić information content (AvgIpc) is 3.35. The number of carbonyl (C=O) groups excluding carboxylic acids is 2. The summed E-state index contributed by atoms with van der Waals surface area (Å²) < 4.78 is 11.6. The summed E-state index contributed by atoms with van der Waals surface area (Å²) in [7, 11) is 0. The summed E-state index contributed by atoms with van der Waals surface area (Å²) in [5.41, 5.74) is 3.12. The van der Waals surface area contributed by atoms with Crippen molar-refractivity contribution in [2.75, 3.05) is 29.9 Å². The van der Waals surface area contributed by atoms with Crippen molar-refractivity contribution in [3.05, 3.63) is 64.8 Å². The Bertz CT molecular complexity index is 1320. The zero-order chi connectivity index (χ0) is 27.4. The van der Waals surface area contributed by atoms with Gasteiger partial charge in [-0.2, -0.15) is 0 Å². The first kappa shape index (κ1) is 27.0. The molecule has 1 N–H and O–H groups in total. The molecule has 2 aliphatic heterocycles. The van der Waals surface area contributed by atoms with E-state index in [1.807, 2.05) is 0 Å². The highest BCUT2D eigenvalue weighted by Crippen LogP contribution is 2.32. The lowest BCUT2D eigenvalue weighted by atomic mass is 10.0. The van der Waals surface area contributed by atoms with Crippen molar-refractivity contribution in [3.63, 3.8) is 0 Å². The molecule has 2 amide bonds. The molecule has 0 aliphatic carbocycles. The van der Waals surface area contributed by atoms with Crippen molar-refractivity contribution in [2.24, 2.45) is 0 Å². The summed E-state index contributed by atoms with van der Waals surface area (Å²) in [5, 5.41) is 11.1. The highest BCUT2D eigenvalue weighted by molar-refractivity contribution is 6.32. The number of para-hydroxylation sites is 1. The number of ether oxygens (including phenoxy) is 1. The van der Waals surface area contributed by atoms with Crippen LogP contribution in [0.5, 0.6) is 5.75 Å². The lowest BCUT2D eigenvalue weighted by Gasteiger charge is -2.35. The van der Waals surface area contributed by atoms with Crippen LogP contribution in [0.3, 0.4) is 0 Å². The van der Waals surface area contributed by atoms with Gasteiger partial charge in [0.05, 0.1) is 5.02 Å². The van der Waals surface area contributed by atoms with Crippen LogP contribution in [0.1, 0.15) is 49.4 Å². The van der Waals surface area contributed by atoms with Crippen LogP contribution in [-0.2, 0) is 16.0 Å². The van der Waals surface area contributed by atoms with Gasteiger partial charge < -0.3 is 24.3 Å². The minimum atomic E-state index is -0.566. The van der Waals surface area contributed by atoms with Crippen LogP contribution in [0, 0.1) is 13.8 Å². The van der Waals surface area contributed by atoms with Crippen LogP contribution >= 0.6 is 11.6 Å². The molecule has 0 bridgehead atoms. The Morgan fingerprint density at radius 2 is 1.85 bits per heavy atom. The maximum Gasteiger partial charge on any atom is 0.247 e. The summed E-state index contributed by atoms with van der Waals surface area (Å²) in [4.78, 5) is 30.1. The number of rotatable bonds is 7. The minimum Gasteiger partial charge on any atom is -0.489 e. The van der Waals surface area contributed by atoms with Crippen molar-refractivity contribution in [3.8, 4) is 5.75 Å². The standard InChI is InChI=1S/C29H34ClN5O4/c1-19-7-3-4-8-24(19)34-15-12-22(13-16-34)39-26-11-10-21(17-23(26)30)31-29(37)25-9-5-6-14-35(25)28(36)18-27-33-32-20(2)38-27/h3-4,7-8,10-11,17,22,25H,5-6,9,12-16,18H2,1-2H3,(H,31,37)/t25-/m1/s1. The van der Waals surface area contributed by atoms with Gasteiger partial charge in [-0.3, -0.25) is 9.59 Å². The summed E-state index contributed by atoms with van der Waals surface area (Å²) >= 11 is 6.56. The van der Waals surface area contributed by atoms with Crippen LogP contribution in [-0.4, -0.2) is 58.7 Å². The monoisotopic (exact) mass is 551 g/mol. The number of likely N-dealkylation sites (tertiary alicyclic amines) is 1. The fraction of sp³-hybridized carbons (Fsp3) is 0.448. The summed E-state index contributed by atoms with van der Waals surface area (Å²) in [6, 6.07) is 13.2. The van der Waals surface area contributed by atoms with Gasteiger partial charge >= 0.3 is 0 Å². The van der Waals surface area contributed by atoms with Gasteiger partial charge in [0.25, 0.3) is 0 Å². The Hall–Kier alpha value is -3.59. The Labute approximate surface area is 233 Å². The van der Waals surface area contributed by atoms with E-state index in [1.165, 1.54) is 11.3 Å². The van der Waals surface area contributed by atoms with Crippen LogP contribution in [0.25, 0.3) is 0 Å². The number of hydrogen-bond donors (Lipinski definition) is 1. The molecule has 2 aliphatic rings. The molecule has 0 spiro atoms. The molecule has 206 valence electrons. The molecule has 2 aromatic carbocycles. The van der Waals surface area contributed by atoms with Crippen molar-refractivity contribution in [1.82, 2.24) is 15.1 Å². The maximum atomic E-state index is 13.2. The van der Waals surface area contributed by atoms with E-state index in [0.717, 1.165) is 38.8 Å². The van der Waals surface area contributed by atoms with Crippen LogP contribution in [0.2, 0.25) is 5.02 Å². The van der Waals surface area contributed by atoms with E-state index in [1.54, 1.807) is 30.0 Å². The van der Waals surface area contributed by atoms with Gasteiger partial charge in [0.1, 0.15) is 24.3 Å². The van der Waals surface area contributed by atoms with Crippen molar-refractivity contribution < 1.29 is 18.7 Å². The van der Waals surface area contributed by atoms with Gasteiger partial charge in [-0.15, -0.1) is 10.2 Å². The quantitative estimate of drug-likeness (QED) is 0.443.